The maximum absolute atomic E-state index is 11.3. The van der Waals surface area contributed by atoms with E-state index in [0.717, 1.165) is 12.2 Å². The number of carbonyl (C=O) groups is 1. The second kappa shape index (κ2) is 6.37. The molecule has 5 heteroatoms. The van der Waals surface area contributed by atoms with E-state index in [9.17, 15) is 4.79 Å². The summed E-state index contributed by atoms with van der Waals surface area (Å²) in [7, 11) is 0. The third kappa shape index (κ3) is 4.23. The van der Waals surface area contributed by atoms with Crippen LogP contribution in [0.5, 0.6) is 0 Å². The van der Waals surface area contributed by atoms with E-state index in [2.05, 4.69) is 15.3 Å². The van der Waals surface area contributed by atoms with Gasteiger partial charge in [0.2, 0.25) is 5.91 Å². The normalized spacial score (nSPS) is 9.79. The molecule has 76 valence electrons. The van der Waals surface area contributed by atoms with Crippen molar-refractivity contribution < 1.29 is 4.79 Å². The van der Waals surface area contributed by atoms with E-state index < -0.39 is 0 Å². The van der Waals surface area contributed by atoms with Crippen molar-refractivity contribution in [2.24, 2.45) is 0 Å². The van der Waals surface area contributed by atoms with Crippen molar-refractivity contribution in [1.29, 1.82) is 0 Å². The fourth-order valence-electron chi connectivity index (χ4n) is 0.946. The first kappa shape index (κ1) is 11.0. The second-order valence-electron chi connectivity index (χ2n) is 2.74. The van der Waals surface area contributed by atoms with Gasteiger partial charge in [-0.15, -0.1) is 0 Å². The standard InChI is InChI=1S/C9H13N3OS/c1-14-6-2-3-9(13)12-8-7-10-4-5-11-8/h4-5,7H,2-3,6H2,1H3,(H,11,12,13). The summed E-state index contributed by atoms with van der Waals surface area (Å²) in [5.41, 5.74) is 0. The van der Waals surface area contributed by atoms with Crippen molar-refractivity contribution in [2.45, 2.75) is 12.8 Å². The Bertz CT molecular complexity index is 279. The van der Waals surface area contributed by atoms with Gasteiger partial charge in [0, 0.05) is 18.8 Å². The second-order valence-corrected chi connectivity index (χ2v) is 3.72. The Labute approximate surface area is 87.5 Å². The summed E-state index contributed by atoms with van der Waals surface area (Å²) in [5, 5.41) is 2.68. The van der Waals surface area contributed by atoms with Crippen LogP contribution in [0.2, 0.25) is 0 Å². The first-order valence-corrected chi connectivity index (χ1v) is 5.77. The van der Waals surface area contributed by atoms with E-state index in [0.29, 0.717) is 12.2 Å². The minimum atomic E-state index is -0.000417. The maximum Gasteiger partial charge on any atom is 0.225 e. The van der Waals surface area contributed by atoms with Gasteiger partial charge in [-0.1, -0.05) is 0 Å². The molecule has 0 spiro atoms. The Kier molecular flexibility index (Phi) is 4.99. The number of hydrogen-bond donors (Lipinski definition) is 1. The Morgan fingerprint density at radius 1 is 1.57 bits per heavy atom. The predicted molar refractivity (Wildman–Crippen MR) is 58.3 cm³/mol. The molecular weight excluding hydrogens is 198 g/mol. The van der Waals surface area contributed by atoms with Gasteiger partial charge < -0.3 is 5.32 Å². The highest BCUT2D eigenvalue weighted by Gasteiger charge is 2.01. The number of aromatic nitrogens is 2. The van der Waals surface area contributed by atoms with Crippen molar-refractivity contribution in [3.05, 3.63) is 18.6 Å². The monoisotopic (exact) mass is 211 g/mol. The van der Waals surface area contributed by atoms with Crippen molar-refractivity contribution in [1.82, 2.24) is 9.97 Å². The molecule has 1 rings (SSSR count). The lowest BCUT2D eigenvalue weighted by Gasteiger charge is -2.02. The quantitative estimate of drug-likeness (QED) is 0.751. The van der Waals surface area contributed by atoms with Gasteiger partial charge >= 0.3 is 0 Å². The first-order valence-electron chi connectivity index (χ1n) is 4.37. The molecule has 1 N–H and O–H groups in total. The zero-order chi connectivity index (χ0) is 10.2. The Balaban J connectivity index is 2.27. The summed E-state index contributed by atoms with van der Waals surface area (Å²) in [6.07, 6.45) is 8.12. The number of amides is 1. The molecule has 0 atom stereocenters. The molecule has 0 aromatic carbocycles. The van der Waals surface area contributed by atoms with Crippen molar-refractivity contribution >= 4 is 23.5 Å². The van der Waals surface area contributed by atoms with E-state index in [1.165, 1.54) is 6.20 Å². The average Bonchev–Trinajstić information content (AvgIpc) is 2.20. The molecular formula is C9H13N3OS. The molecule has 1 amide bonds. The van der Waals surface area contributed by atoms with E-state index in [4.69, 9.17) is 0 Å². The first-order chi connectivity index (χ1) is 6.83. The number of hydrogen-bond acceptors (Lipinski definition) is 4. The van der Waals surface area contributed by atoms with Crippen LogP contribution in [0.15, 0.2) is 18.6 Å². The third-order valence-corrected chi connectivity index (χ3v) is 2.28. The van der Waals surface area contributed by atoms with Crippen LogP contribution in [0.4, 0.5) is 5.82 Å². The van der Waals surface area contributed by atoms with Crippen molar-refractivity contribution in [2.75, 3.05) is 17.3 Å². The highest BCUT2D eigenvalue weighted by Crippen LogP contribution is 2.02. The number of nitrogens with zero attached hydrogens (tertiary/aromatic N) is 2. The summed E-state index contributed by atoms with van der Waals surface area (Å²) >= 11 is 1.74. The zero-order valence-corrected chi connectivity index (χ0v) is 8.88. The Morgan fingerprint density at radius 3 is 3.07 bits per heavy atom. The molecule has 0 aliphatic rings. The largest absolute Gasteiger partial charge is 0.309 e. The zero-order valence-electron chi connectivity index (χ0n) is 8.06. The number of nitrogens with one attached hydrogen (secondary N) is 1. The molecule has 0 bridgehead atoms. The summed E-state index contributed by atoms with van der Waals surface area (Å²) in [6.45, 7) is 0. The number of rotatable bonds is 5. The molecule has 1 aromatic rings. The fourth-order valence-corrected chi connectivity index (χ4v) is 1.38. The molecule has 0 radical (unpaired) electrons. The molecule has 0 aliphatic carbocycles. The number of thioether (sulfide) groups is 1. The van der Waals surface area contributed by atoms with Crippen LogP contribution < -0.4 is 5.32 Å². The fraction of sp³-hybridized carbons (Fsp3) is 0.444. The summed E-state index contributed by atoms with van der Waals surface area (Å²) in [6, 6.07) is 0. The average molecular weight is 211 g/mol. The lowest BCUT2D eigenvalue weighted by molar-refractivity contribution is -0.116. The SMILES string of the molecule is CSCCCC(=O)Nc1cnccn1. The molecule has 0 aliphatic heterocycles. The Morgan fingerprint density at radius 2 is 2.43 bits per heavy atom. The molecule has 14 heavy (non-hydrogen) atoms. The third-order valence-electron chi connectivity index (χ3n) is 1.58. The summed E-state index contributed by atoms with van der Waals surface area (Å²) in [4.78, 5) is 19.1. The van der Waals surface area contributed by atoms with Crippen LogP contribution in [0.1, 0.15) is 12.8 Å². The molecule has 0 fully saturated rings. The smallest absolute Gasteiger partial charge is 0.225 e. The van der Waals surface area contributed by atoms with Crippen LogP contribution in [-0.4, -0.2) is 27.9 Å². The van der Waals surface area contributed by atoms with E-state index in [1.54, 1.807) is 24.2 Å². The van der Waals surface area contributed by atoms with Crippen LogP contribution >= 0.6 is 11.8 Å². The minimum absolute atomic E-state index is 0.000417. The highest BCUT2D eigenvalue weighted by atomic mass is 32.2. The highest BCUT2D eigenvalue weighted by molar-refractivity contribution is 7.98. The van der Waals surface area contributed by atoms with Gasteiger partial charge in [0.25, 0.3) is 0 Å². The number of carbonyl (C=O) groups excluding carboxylic acids is 1. The van der Waals surface area contributed by atoms with Crippen LogP contribution in [0, 0.1) is 0 Å². The van der Waals surface area contributed by atoms with Crippen molar-refractivity contribution in [3.8, 4) is 0 Å². The van der Waals surface area contributed by atoms with Gasteiger partial charge in [-0.2, -0.15) is 11.8 Å². The van der Waals surface area contributed by atoms with Crippen LogP contribution in [0.25, 0.3) is 0 Å². The van der Waals surface area contributed by atoms with Gasteiger partial charge in [0.05, 0.1) is 6.20 Å². The molecule has 0 unspecified atom stereocenters. The number of anilines is 1. The van der Waals surface area contributed by atoms with Crippen LogP contribution in [0.3, 0.4) is 0 Å². The summed E-state index contributed by atoms with van der Waals surface area (Å²) in [5.74, 6) is 1.52. The predicted octanol–water partition coefficient (Wildman–Crippen LogP) is 1.56. The Hall–Kier alpha value is -1.10. The van der Waals surface area contributed by atoms with Gasteiger partial charge in [0.1, 0.15) is 0 Å². The van der Waals surface area contributed by atoms with E-state index >= 15 is 0 Å². The summed E-state index contributed by atoms with van der Waals surface area (Å²) < 4.78 is 0. The van der Waals surface area contributed by atoms with E-state index in [1.807, 2.05) is 6.26 Å². The molecule has 1 heterocycles. The maximum atomic E-state index is 11.3. The van der Waals surface area contributed by atoms with Gasteiger partial charge in [-0.05, 0) is 18.4 Å². The molecule has 0 saturated carbocycles. The van der Waals surface area contributed by atoms with Crippen LogP contribution in [-0.2, 0) is 4.79 Å². The van der Waals surface area contributed by atoms with E-state index in [-0.39, 0.29) is 5.91 Å². The lowest BCUT2D eigenvalue weighted by Crippen LogP contribution is -2.12. The van der Waals surface area contributed by atoms with Gasteiger partial charge in [0.15, 0.2) is 5.82 Å². The van der Waals surface area contributed by atoms with Gasteiger partial charge in [-0.25, -0.2) is 4.98 Å². The lowest BCUT2D eigenvalue weighted by atomic mass is 10.3. The molecule has 0 saturated heterocycles. The molecule has 4 nitrogen and oxygen atoms in total. The molecule has 1 aromatic heterocycles. The minimum Gasteiger partial charge on any atom is -0.309 e. The topological polar surface area (TPSA) is 54.9 Å². The van der Waals surface area contributed by atoms with Gasteiger partial charge in [-0.3, -0.25) is 9.78 Å². The van der Waals surface area contributed by atoms with Crippen molar-refractivity contribution in [3.63, 3.8) is 0 Å².